The molecule has 1 heteroatoms. The van der Waals surface area contributed by atoms with E-state index in [0.717, 1.165) is 5.70 Å². The molecule has 0 saturated carbocycles. The molecule has 0 unspecified atom stereocenters. The largest absolute Gasteiger partial charge is 0.402 e. The maximum atomic E-state index is 5.56. The molecular formula is C10H19N. The summed E-state index contributed by atoms with van der Waals surface area (Å²) in [7, 11) is 0. The van der Waals surface area contributed by atoms with E-state index in [1.807, 2.05) is 13.0 Å². The lowest BCUT2D eigenvalue weighted by Gasteiger charge is -2.07. The average Bonchev–Trinajstić information content (AvgIpc) is 1.84. The third-order valence-corrected chi connectivity index (χ3v) is 1.93. The van der Waals surface area contributed by atoms with Crippen LogP contribution in [0.5, 0.6) is 0 Å². The van der Waals surface area contributed by atoms with E-state index in [2.05, 4.69) is 27.7 Å². The molecular weight excluding hydrogens is 134 g/mol. The SMILES string of the molecule is CC(/C=C(\C)N)=C(\C)C(C)C. The molecule has 0 heterocycles. The summed E-state index contributed by atoms with van der Waals surface area (Å²) in [5.41, 5.74) is 9.14. The van der Waals surface area contributed by atoms with Gasteiger partial charge in [-0.2, -0.15) is 0 Å². The lowest BCUT2D eigenvalue weighted by atomic mass is 9.99. The van der Waals surface area contributed by atoms with E-state index in [1.54, 1.807) is 0 Å². The van der Waals surface area contributed by atoms with Crippen molar-refractivity contribution in [2.75, 3.05) is 0 Å². The monoisotopic (exact) mass is 153 g/mol. The van der Waals surface area contributed by atoms with Crippen molar-refractivity contribution in [2.24, 2.45) is 11.7 Å². The summed E-state index contributed by atoms with van der Waals surface area (Å²) in [5.74, 6) is 0.616. The Morgan fingerprint density at radius 3 is 1.91 bits per heavy atom. The molecule has 0 aromatic carbocycles. The molecule has 0 spiro atoms. The second-order valence-corrected chi connectivity index (χ2v) is 3.41. The van der Waals surface area contributed by atoms with Crippen LogP contribution in [0.3, 0.4) is 0 Å². The van der Waals surface area contributed by atoms with Crippen LogP contribution in [0.2, 0.25) is 0 Å². The van der Waals surface area contributed by atoms with Crippen LogP contribution in [-0.4, -0.2) is 0 Å². The van der Waals surface area contributed by atoms with Gasteiger partial charge in [-0.3, -0.25) is 0 Å². The first-order valence-corrected chi connectivity index (χ1v) is 4.06. The fraction of sp³-hybridized carbons (Fsp3) is 0.600. The molecule has 0 atom stereocenters. The van der Waals surface area contributed by atoms with Gasteiger partial charge in [-0.15, -0.1) is 0 Å². The second kappa shape index (κ2) is 4.22. The van der Waals surface area contributed by atoms with E-state index in [4.69, 9.17) is 5.73 Å². The predicted octanol–water partition coefficient (Wildman–Crippen LogP) is 2.84. The maximum Gasteiger partial charge on any atom is 0.00515 e. The Balaban J connectivity index is 4.54. The first-order valence-electron chi connectivity index (χ1n) is 4.06. The zero-order valence-electron chi connectivity index (χ0n) is 8.23. The highest BCUT2D eigenvalue weighted by Crippen LogP contribution is 2.14. The van der Waals surface area contributed by atoms with Crippen LogP contribution in [-0.2, 0) is 0 Å². The Bertz CT molecular complexity index is 181. The minimum atomic E-state index is 0.616. The molecule has 0 amide bonds. The normalized spacial score (nSPS) is 15.3. The van der Waals surface area contributed by atoms with Crippen molar-refractivity contribution in [3.8, 4) is 0 Å². The van der Waals surface area contributed by atoms with Gasteiger partial charge < -0.3 is 5.73 Å². The van der Waals surface area contributed by atoms with Crippen LogP contribution in [0.25, 0.3) is 0 Å². The van der Waals surface area contributed by atoms with Gasteiger partial charge in [0.2, 0.25) is 0 Å². The zero-order valence-corrected chi connectivity index (χ0v) is 8.23. The van der Waals surface area contributed by atoms with Crippen molar-refractivity contribution < 1.29 is 0 Å². The minimum absolute atomic E-state index is 0.616. The number of hydrogen-bond donors (Lipinski definition) is 1. The third-order valence-electron chi connectivity index (χ3n) is 1.93. The summed E-state index contributed by atoms with van der Waals surface area (Å²) in [4.78, 5) is 0. The van der Waals surface area contributed by atoms with Gasteiger partial charge in [0.15, 0.2) is 0 Å². The standard InChI is InChI=1S/C10H19N/c1-7(2)10(5)8(3)6-9(4)11/h6-7H,11H2,1-5H3/b9-6+,10-8-. The molecule has 0 aromatic heterocycles. The molecule has 0 aromatic rings. The maximum absolute atomic E-state index is 5.56. The quantitative estimate of drug-likeness (QED) is 0.606. The molecule has 0 radical (unpaired) electrons. The summed E-state index contributed by atoms with van der Waals surface area (Å²) < 4.78 is 0. The second-order valence-electron chi connectivity index (χ2n) is 3.41. The van der Waals surface area contributed by atoms with Gasteiger partial charge in [0.25, 0.3) is 0 Å². The van der Waals surface area contributed by atoms with Gasteiger partial charge in [0.1, 0.15) is 0 Å². The molecule has 0 saturated heterocycles. The summed E-state index contributed by atoms with van der Waals surface area (Å²) in [6.07, 6.45) is 2.02. The van der Waals surface area contributed by atoms with Crippen molar-refractivity contribution in [1.82, 2.24) is 0 Å². The smallest absolute Gasteiger partial charge is 0.00515 e. The molecule has 0 rings (SSSR count). The van der Waals surface area contributed by atoms with Gasteiger partial charge in [-0.05, 0) is 32.8 Å². The van der Waals surface area contributed by atoms with E-state index >= 15 is 0 Å². The van der Waals surface area contributed by atoms with Crippen molar-refractivity contribution in [1.29, 1.82) is 0 Å². The lowest BCUT2D eigenvalue weighted by Crippen LogP contribution is -1.95. The average molecular weight is 153 g/mol. The van der Waals surface area contributed by atoms with E-state index in [9.17, 15) is 0 Å². The third kappa shape index (κ3) is 3.87. The Morgan fingerprint density at radius 2 is 1.64 bits per heavy atom. The Hall–Kier alpha value is -0.720. The van der Waals surface area contributed by atoms with Gasteiger partial charge >= 0.3 is 0 Å². The van der Waals surface area contributed by atoms with Crippen LogP contribution in [0, 0.1) is 5.92 Å². The van der Waals surface area contributed by atoms with Crippen molar-refractivity contribution in [3.63, 3.8) is 0 Å². The van der Waals surface area contributed by atoms with Gasteiger partial charge in [0, 0.05) is 5.70 Å². The zero-order chi connectivity index (χ0) is 9.02. The van der Waals surface area contributed by atoms with E-state index < -0.39 is 0 Å². The molecule has 0 bridgehead atoms. The molecule has 64 valence electrons. The first-order chi connectivity index (χ1) is 4.95. The van der Waals surface area contributed by atoms with Crippen molar-refractivity contribution >= 4 is 0 Å². The lowest BCUT2D eigenvalue weighted by molar-refractivity contribution is 0.760. The Labute approximate surface area is 70.0 Å². The van der Waals surface area contributed by atoms with Crippen LogP contribution < -0.4 is 5.73 Å². The summed E-state index contributed by atoms with van der Waals surface area (Å²) >= 11 is 0. The molecule has 0 aliphatic rings. The summed E-state index contributed by atoms with van der Waals surface area (Å²) in [6, 6.07) is 0. The summed E-state index contributed by atoms with van der Waals surface area (Å²) in [5, 5.41) is 0. The van der Waals surface area contributed by atoms with Gasteiger partial charge in [-0.1, -0.05) is 25.0 Å². The predicted molar refractivity (Wildman–Crippen MR) is 51.2 cm³/mol. The highest BCUT2D eigenvalue weighted by atomic mass is 14.5. The van der Waals surface area contributed by atoms with Crippen LogP contribution in [0.15, 0.2) is 22.9 Å². The minimum Gasteiger partial charge on any atom is -0.402 e. The number of hydrogen-bond acceptors (Lipinski definition) is 1. The summed E-state index contributed by atoms with van der Waals surface area (Å²) in [6.45, 7) is 10.6. The molecule has 11 heavy (non-hydrogen) atoms. The molecule has 1 nitrogen and oxygen atoms in total. The van der Waals surface area contributed by atoms with E-state index in [-0.39, 0.29) is 0 Å². The van der Waals surface area contributed by atoms with Crippen LogP contribution in [0.1, 0.15) is 34.6 Å². The molecule has 0 aliphatic heterocycles. The van der Waals surface area contributed by atoms with Crippen molar-refractivity contribution in [3.05, 3.63) is 22.9 Å². The fourth-order valence-electron chi connectivity index (χ4n) is 0.911. The van der Waals surface area contributed by atoms with Crippen molar-refractivity contribution in [2.45, 2.75) is 34.6 Å². The number of rotatable bonds is 2. The number of nitrogens with two attached hydrogens (primary N) is 1. The molecule has 0 fully saturated rings. The van der Waals surface area contributed by atoms with E-state index in [0.29, 0.717) is 5.92 Å². The van der Waals surface area contributed by atoms with Gasteiger partial charge in [0.05, 0.1) is 0 Å². The highest BCUT2D eigenvalue weighted by molar-refractivity contribution is 5.25. The molecule has 0 aliphatic carbocycles. The highest BCUT2D eigenvalue weighted by Gasteiger charge is 1.98. The van der Waals surface area contributed by atoms with Crippen LogP contribution in [0.4, 0.5) is 0 Å². The molecule has 2 N–H and O–H groups in total. The Kier molecular flexibility index (Phi) is 3.94. The topological polar surface area (TPSA) is 26.0 Å². The fourth-order valence-corrected chi connectivity index (χ4v) is 0.911. The van der Waals surface area contributed by atoms with Crippen LogP contribution >= 0.6 is 0 Å². The number of allylic oxidation sites excluding steroid dienone is 4. The van der Waals surface area contributed by atoms with E-state index in [1.165, 1.54) is 11.1 Å². The van der Waals surface area contributed by atoms with Gasteiger partial charge in [-0.25, -0.2) is 0 Å². The first kappa shape index (κ1) is 10.3. The Morgan fingerprint density at radius 1 is 1.18 bits per heavy atom.